The molecule has 0 spiro atoms. The number of ketones is 1. The van der Waals surface area contributed by atoms with E-state index in [1.165, 1.54) is 12.2 Å². The zero-order chi connectivity index (χ0) is 36.6. The quantitative estimate of drug-likeness (QED) is 0.154. The summed E-state index contributed by atoms with van der Waals surface area (Å²) in [7, 11) is 0. The molecule has 0 aromatic carbocycles. The number of hydrogen-bond donors (Lipinski definition) is 1. The molecule has 3 aliphatic heterocycles. The third kappa shape index (κ3) is 7.33. The number of carboxylic acids is 1. The normalized spacial score (nSPS) is 14.0. The second kappa shape index (κ2) is 15.5. The van der Waals surface area contributed by atoms with Gasteiger partial charge in [0.2, 0.25) is 0 Å². The average Bonchev–Trinajstić information content (AvgIpc) is 3.83. The van der Waals surface area contributed by atoms with Crippen LogP contribution in [0.25, 0.3) is 50.4 Å². The Bertz CT molecular complexity index is 2300. The molecule has 6 rings (SSSR count). The number of amides is 2. The van der Waals surface area contributed by atoms with Gasteiger partial charge in [-0.25, -0.2) is 9.97 Å². The Morgan fingerprint density at radius 3 is 2.02 bits per heavy atom. The fourth-order valence-corrected chi connectivity index (χ4v) is 6.86. The molecule has 0 unspecified atom stereocenters. The van der Waals surface area contributed by atoms with Crippen molar-refractivity contribution in [2.24, 2.45) is 0 Å². The van der Waals surface area contributed by atoms with Crippen LogP contribution in [0.5, 0.6) is 0 Å². The van der Waals surface area contributed by atoms with Gasteiger partial charge in [-0.3, -0.25) is 24.1 Å². The molecule has 52 heavy (non-hydrogen) atoms. The molecule has 11 heteroatoms. The molecule has 3 aromatic rings. The number of hydrogen-bond acceptors (Lipinski definition) is 6. The predicted octanol–water partition coefficient (Wildman–Crippen LogP) is 6.95. The van der Waals surface area contributed by atoms with Crippen LogP contribution in [0.2, 0.25) is 0 Å². The van der Waals surface area contributed by atoms with Crippen LogP contribution in [0.3, 0.4) is 0 Å². The van der Waals surface area contributed by atoms with Gasteiger partial charge < -0.3 is 15.1 Å². The number of allylic oxidation sites excluding steroid dienone is 5. The summed E-state index contributed by atoms with van der Waals surface area (Å²) in [5, 5.41) is 9.57. The predicted molar refractivity (Wildman–Crippen MR) is 199 cm³/mol. The minimum absolute atomic E-state index is 0. The maximum atomic E-state index is 13.1. The van der Waals surface area contributed by atoms with E-state index < -0.39 is 5.97 Å². The standard InChI is InChI=1S/C41H41N5O5.Fe/c1-7-27-22(3)31-18-32-24(5)29(12-11-26(47)10-9-17-46-39(48)14-15-40(46)49)37(44-32)21-38-30(13-16-41(50)51)25(6)34(45-38)20-36-28(8-2)23(4)33(43-36)19-35(27)42-31;/h7-8,14-15,18-21H,1-2,9-13,16-17H2,3-6H3,(H3,42,43,44,45,48,49,50,51);/q;+2/p-2. The number of nitrogens with zero attached hydrogens (tertiary/aromatic N) is 5. The Balaban J connectivity index is 0.00000523. The number of aryl methyl sites for hydroxylation is 3. The number of fused-ring (bicyclic) bond motifs is 8. The third-order valence-corrected chi connectivity index (χ3v) is 9.87. The van der Waals surface area contributed by atoms with Gasteiger partial charge >= 0.3 is 23.0 Å². The zero-order valence-electron chi connectivity index (χ0n) is 29.7. The van der Waals surface area contributed by atoms with E-state index in [1.807, 2.05) is 52.0 Å². The van der Waals surface area contributed by atoms with Crippen LogP contribution < -0.4 is 9.97 Å². The average molecular weight is 738 g/mol. The SMILES string of the molecule is C=CC1=C(C)c2cc3[n-]c(cc4nc(cc5[n-]c(cc1n2)c(C)c5C=C)C(C)=C4CCC(=O)O)c(CCC(=O)CCCN1C(=O)C=CC1=O)c3C.[Fe+2]. The summed E-state index contributed by atoms with van der Waals surface area (Å²) in [6.45, 7) is 16.2. The van der Waals surface area contributed by atoms with Crippen molar-refractivity contribution in [3.63, 3.8) is 0 Å². The monoisotopic (exact) mass is 737 g/mol. The topological polar surface area (TPSA) is 146 Å². The van der Waals surface area contributed by atoms with Crippen molar-refractivity contribution < 1.29 is 41.4 Å². The van der Waals surface area contributed by atoms with Crippen molar-refractivity contribution in [3.05, 3.63) is 101 Å². The molecule has 0 fully saturated rings. The first kappa shape index (κ1) is 37.9. The summed E-state index contributed by atoms with van der Waals surface area (Å²) in [4.78, 5) is 69.7. The molecule has 266 valence electrons. The molecule has 1 N–H and O–H groups in total. The number of carbonyl (C=O) groups is 4. The van der Waals surface area contributed by atoms with Crippen LogP contribution in [-0.4, -0.2) is 50.1 Å². The van der Waals surface area contributed by atoms with E-state index in [2.05, 4.69) is 13.2 Å². The van der Waals surface area contributed by atoms with Crippen molar-refractivity contribution in [2.75, 3.05) is 6.54 Å². The molecule has 6 heterocycles. The summed E-state index contributed by atoms with van der Waals surface area (Å²) < 4.78 is 0. The van der Waals surface area contributed by atoms with Crippen molar-refractivity contribution >= 4 is 74.0 Å². The van der Waals surface area contributed by atoms with Crippen molar-refractivity contribution in [1.82, 2.24) is 24.8 Å². The van der Waals surface area contributed by atoms with Crippen LogP contribution in [0.1, 0.15) is 91.0 Å². The molecule has 10 nitrogen and oxygen atoms in total. The summed E-state index contributed by atoms with van der Waals surface area (Å²) in [6.07, 6.45) is 7.54. The number of carboxylic acid groups (broad SMARTS) is 1. The van der Waals surface area contributed by atoms with Crippen LogP contribution in [0.15, 0.2) is 55.7 Å². The van der Waals surface area contributed by atoms with E-state index in [-0.39, 0.29) is 66.9 Å². The summed E-state index contributed by atoms with van der Waals surface area (Å²) >= 11 is 0. The van der Waals surface area contributed by atoms with Crippen LogP contribution in [0, 0.1) is 13.8 Å². The van der Waals surface area contributed by atoms with E-state index >= 15 is 0 Å². The van der Waals surface area contributed by atoms with Gasteiger partial charge in [-0.2, -0.15) is 0 Å². The number of imide groups is 1. The largest absolute Gasteiger partial charge is 2.00 e. The van der Waals surface area contributed by atoms with Gasteiger partial charge in [0.25, 0.3) is 11.8 Å². The Kier molecular flexibility index (Phi) is 11.3. The van der Waals surface area contributed by atoms with Crippen molar-refractivity contribution in [2.45, 2.75) is 66.2 Å². The number of carbonyl (C=O) groups excluding carboxylic acids is 3. The van der Waals surface area contributed by atoms with E-state index in [0.29, 0.717) is 40.8 Å². The van der Waals surface area contributed by atoms with Crippen molar-refractivity contribution in [1.29, 1.82) is 0 Å². The molecular formula is C41H39FeN5O5. The summed E-state index contributed by atoms with van der Waals surface area (Å²) in [5.74, 6) is -1.61. The Labute approximate surface area is 312 Å². The number of Topliss-reactive ketones (excluding diaryl/α,β-unsaturated/α-hetero) is 1. The smallest absolute Gasteiger partial charge is 0.657 e. The Hall–Kier alpha value is -5.38. The maximum Gasteiger partial charge on any atom is 2.00 e. The third-order valence-electron chi connectivity index (χ3n) is 9.87. The molecule has 0 atom stereocenters. The van der Waals surface area contributed by atoms with Crippen LogP contribution >= 0.6 is 0 Å². The zero-order valence-corrected chi connectivity index (χ0v) is 30.8. The molecule has 3 aliphatic rings. The molecule has 2 amide bonds. The van der Waals surface area contributed by atoms with E-state index in [1.54, 1.807) is 12.2 Å². The van der Waals surface area contributed by atoms with Gasteiger partial charge in [-0.05, 0) is 69.2 Å². The van der Waals surface area contributed by atoms with E-state index in [9.17, 15) is 24.3 Å². The van der Waals surface area contributed by atoms with Crippen molar-refractivity contribution in [3.8, 4) is 0 Å². The van der Waals surface area contributed by atoms with Gasteiger partial charge in [0, 0.05) is 43.5 Å². The van der Waals surface area contributed by atoms with Gasteiger partial charge in [-0.1, -0.05) is 66.3 Å². The second-order valence-electron chi connectivity index (χ2n) is 13.0. The summed E-state index contributed by atoms with van der Waals surface area (Å²) in [5.41, 5.74) is 12.7. The van der Waals surface area contributed by atoms with Crippen LogP contribution in [-0.2, 0) is 42.7 Å². The minimum Gasteiger partial charge on any atom is -0.657 e. The van der Waals surface area contributed by atoms with E-state index in [0.717, 1.165) is 66.4 Å². The molecular weight excluding hydrogens is 698 g/mol. The second-order valence-corrected chi connectivity index (χ2v) is 13.0. The van der Waals surface area contributed by atoms with Gasteiger partial charge in [0.05, 0.1) is 22.8 Å². The van der Waals surface area contributed by atoms with Gasteiger partial charge in [0.15, 0.2) is 0 Å². The first-order valence-electron chi connectivity index (χ1n) is 17.0. The minimum atomic E-state index is -0.906. The maximum absolute atomic E-state index is 13.1. The number of aliphatic carboxylic acids is 1. The van der Waals surface area contributed by atoms with E-state index in [4.69, 9.17) is 19.9 Å². The Morgan fingerprint density at radius 1 is 0.750 bits per heavy atom. The molecule has 0 radical (unpaired) electrons. The fraction of sp³-hybridized carbons (Fsp3) is 0.268. The molecule has 8 bridgehead atoms. The first-order chi connectivity index (χ1) is 24.4. The molecule has 0 saturated carbocycles. The fourth-order valence-electron chi connectivity index (χ4n) is 6.86. The van der Waals surface area contributed by atoms with Gasteiger partial charge in [-0.15, -0.1) is 22.1 Å². The van der Waals surface area contributed by atoms with Gasteiger partial charge in [0.1, 0.15) is 5.78 Å². The molecule has 3 aromatic heterocycles. The number of rotatable bonds is 12. The van der Waals surface area contributed by atoms with Crippen LogP contribution in [0.4, 0.5) is 0 Å². The summed E-state index contributed by atoms with van der Waals surface area (Å²) in [6, 6.07) is 7.70. The first-order valence-corrected chi connectivity index (χ1v) is 17.0. The number of aromatic nitrogens is 4. The molecule has 0 aliphatic carbocycles. The molecule has 0 saturated heterocycles. The Morgan fingerprint density at radius 2 is 1.35 bits per heavy atom.